The Hall–Kier alpha value is -2.56. The number of carbonyl (C=O) groups is 2. The molecule has 0 saturated heterocycles. The van der Waals surface area contributed by atoms with Crippen LogP contribution in [0.4, 0.5) is 0 Å². The van der Waals surface area contributed by atoms with Gasteiger partial charge < -0.3 is 15.0 Å². The molecule has 0 radical (unpaired) electrons. The quantitative estimate of drug-likeness (QED) is 0.891. The maximum absolute atomic E-state index is 12.4. The van der Waals surface area contributed by atoms with Gasteiger partial charge >= 0.3 is 5.97 Å². The third-order valence-electron chi connectivity index (χ3n) is 3.79. The summed E-state index contributed by atoms with van der Waals surface area (Å²) in [5.41, 5.74) is 4.53. The van der Waals surface area contributed by atoms with Gasteiger partial charge in [0.25, 0.3) is 5.91 Å². The fourth-order valence-corrected chi connectivity index (χ4v) is 2.77. The third kappa shape index (κ3) is 3.80. The summed E-state index contributed by atoms with van der Waals surface area (Å²) in [4.78, 5) is 23.1. The molecule has 122 valence electrons. The molecule has 0 fully saturated rings. The number of aliphatic carboxylic acids is 1. The zero-order valence-corrected chi connectivity index (χ0v) is 13.9. The van der Waals surface area contributed by atoms with Crippen molar-refractivity contribution >= 4 is 11.9 Å². The van der Waals surface area contributed by atoms with Crippen molar-refractivity contribution in [3.8, 4) is 5.69 Å². The Morgan fingerprint density at radius 1 is 1.22 bits per heavy atom. The van der Waals surface area contributed by atoms with E-state index in [0.29, 0.717) is 5.56 Å². The molecule has 2 N–H and O–H groups in total. The van der Waals surface area contributed by atoms with Crippen molar-refractivity contribution in [2.45, 2.75) is 40.2 Å². The molecule has 5 nitrogen and oxygen atoms in total. The number of carboxylic acid groups (broad SMARTS) is 1. The summed E-state index contributed by atoms with van der Waals surface area (Å²) >= 11 is 0. The van der Waals surface area contributed by atoms with Crippen LogP contribution in [0.25, 0.3) is 5.69 Å². The van der Waals surface area contributed by atoms with Crippen molar-refractivity contribution in [2.75, 3.05) is 0 Å². The van der Waals surface area contributed by atoms with Crippen LogP contribution < -0.4 is 5.32 Å². The molecule has 0 aliphatic heterocycles. The van der Waals surface area contributed by atoms with Crippen LogP contribution in [0.1, 0.15) is 40.7 Å². The standard InChI is InChI=1S/C18H22N2O3/c1-11-6-5-7-15(8-11)20-13(3)10-16(14(20)4)18(23)19-12(2)9-17(21)22/h5-8,10,12H,9H2,1-4H3,(H,19,23)(H,21,22). The monoisotopic (exact) mass is 314 g/mol. The number of carbonyl (C=O) groups excluding carboxylic acids is 1. The lowest BCUT2D eigenvalue weighted by Gasteiger charge is -2.13. The topological polar surface area (TPSA) is 71.3 Å². The van der Waals surface area contributed by atoms with Gasteiger partial charge in [0.05, 0.1) is 12.0 Å². The molecule has 0 aliphatic carbocycles. The number of aryl methyl sites for hydroxylation is 2. The van der Waals surface area contributed by atoms with Crippen LogP contribution in [0.3, 0.4) is 0 Å². The first-order chi connectivity index (χ1) is 10.8. The predicted octanol–water partition coefficient (Wildman–Crippen LogP) is 3.00. The Morgan fingerprint density at radius 2 is 1.91 bits per heavy atom. The summed E-state index contributed by atoms with van der Waals surface area (Å²) in [6.07, 6.45) is -0.0949. The minimum atomic E-state index is -0.928. The van der Waals surface area contributed by atoms with E-state index in [1.165, 1.54) is 0 Å². The normalized spacial score (nSPS) is 12.0. The van der Waals surface area contributed by atoms with E-state index in [0.717, 1.165) is 22.6 Å². The molecule has 0 spiro atoms. The number of rotatable bonds is 5. The molecule has 23 heavy (non-hydrogen) atoms. The Balaban J connectivity index is 2.30. The van der Waals surface area contributed by atoms with E-state index in [9.17, 15) is 9.59 Å². The van der Waals surface area contributed by atoms with E-state index in [1.807, 2.05) is 49.6 Å². The van der Waals surface area contributed by atoms with Crippen molar-refractivity contribution in [3.63, 3.8) is 0 Å². The average molecular weight is 314 g/mol. The van der Waals surface area contributed by atoms with E-state index >= 15 is 0 Å². The molecule has 2 aromatic rings. The van der Waals surface area contributed by atoms with Crippen molar-refractivity contribution in [1.82, 2.24) is 9.88 Å². The number of amides is 1. The molecule has 0 aliphatic rings. The predicted molar refractivity (Wildman–Crippen MR) is 89.2 cm³/mol. The Morgan fingerprint density at radius 3 is 2.52 bits per heavy atom. The van der Waals surface area contributed by atoms with Gasteiger partial charge in [-0.25, -0.2) is 0 Å². The van der Waals surface area contributed by atoms with Gasteiger partial charge in [0.15, 0.2) is 0 Å². The number of aromatic nitrogens is 1. The molecule has 0 bridgehead atoms. The van der Waals surface area contributed by atoms with Gasteiger partial charge in [-0.2, -0.15) is 0 Å². The summed E-state index contributed by atoms with van der Waals surface area (Å²) in [5, 5.41) is 11.5. The molecule has 1 aromatic carbocycles. The molecule has 2 rings (SSSR count). The average Bonchev–Trinajstić information content (AvgIpc) is 2.73. The van der Waals surface area contributed by atoms with Gasteiger partial charge in [-0.05, 0) is 51.5 Å². The fourth-order valence-electron chi connectivity index (χ4n) is 2.77. The summed E-state index contributed by atoms with van der Waals surface area (Å²) in [6, 6.07) is 9.50. The summed E-state index contributed by atoms with van der Waals surface area (Å²) in [6.45, 7) is 7.56. The zero-order chi connectivity index (χ0) is 17.1. The Labute approximate surface area is 135 Å². The maximum Gasteiger partial charge on any atom is 0.305 e. The van der Waals surface area contributed by atoms with Crippen LogP contribution in [0.15, 0.2) is 30.3 Å². The van der Waals surface area contributed by atoms with Crippen molar-refractivity contribution in [2.24, 2.45) is 0 Å². The molecule has 1 aromatic heterocycles. The molecule has 0 saturated carbocycles. The molecular formula is C18H22N2O3. The highest BCUT2D eigenvalue weighted by molar-refractivity contribution is 5.96. The second-order valence-electron chi connectivity index (χ2n) is 5.93. The van der Waals surface area contributed by atoms with Crippen molar-refractivity contribution < 1.29 is 14.7 Å². The lowest BCUT2D eigenvalue weighted by molar-refractivity contribution is -0.137. The molecule has 1 heterocycles. The van der Waals surface area contributed by atoms with Crippen molar-refractivity contribution in [3.05, 3.63) is 52.8 Å². The Kier molecular flexibility index (Phi) is 4.89. The largest absolute Gasteiger partial charge is 0.481 e. The molecule has 1 unspecified atom stereocenters. The van der Waals surface area contributed by atoms with E-state index in [1.54, 1.807) is 6.92 Å². The lowest BCUT2D eigenvalue weighted by atomic mass is 10.2. The van der Waals surface area contributed by atoms with Crippen molar-refractivity contribution in [1.29, 1.82) is 0 Å². The Bertz CT molecular complexity index is 747. The first-order valence-corrected chi connectivity index (χ1v) is 7.58. The van der Waals surface area contributed by atoms with Crippen LogP contribution in [-0.2, 0) is 4.79 Å². The van der Waals surface area contributed by atoms with Gasteiger partial charge in [0, 0.05) is 23.1 Å². The molecule has 5 heteroatoms. The number of benzene rings is 1. The number of nitrogens with one attached hydrogen (secondary N) is 1. The van der Waals surface area contributed by atoms with E-state index in [-0.39, 0.29) is 12.3 Å². The maximum atomic E-state index is 12.4. The smallest absolute Gasteiger partial charge is 0.305 e. The second kappa shape index (κ2) is 6.69. The highest BCUT2D eigenvalue weighted by atomic mass is 16.4. The first kappa shape index (κ1) is 16.8. The van der Waals surface area contributed by atoms with E-state index in [2.05, 4.69) is 11.4 Å². The van der Waals surface area contributed by atoms with Gasteiger partial charge in [-0.1, -0.05) is 12.1 Å². The van der Waals surface area contributed by atoms with E-state index in [4.69, 9.17) is 5.11 Å². The number of hydrogen-bond donors (Lipinski definition) is 2. The first-order valence-electron chi connectivity index (χ1n) is 7.58. The van der Waals surface area contributed by atoms with Crippen LogP contribution in [0.2, 0.25) is 0 Å². The van der Waals surface area contributed by atoms with E-state index < -0.39 is 12.0 Å². The molecular weight excluding hydrogens is 292 g/mol. The minimum Gasteiger partial charge on any atom is -0.481 e. The lowest BCUT2D eigenvalue weighted by Crippen LogP contribution is -2.34. The minimum absolute atomic E-state index is 0.0949. The molecule has 1 amide bonds. The molecule has 1 atom stereocenters. The highest BCUT2D eigenvalue weighted by Crippen LogP contribution is 2.21. The zero-order valence-electron chi connectivity index (χ0n) is 13.9. The summed E-state index contributed by atoms with van der Waals surface area (Å²) in [5.74, 6) is -1.17. The highest BCUT2D eigenvalue weighted by Gasteiger charge is 2.19. The third-order valence-corrected chi connectivity index (χ3v) is 3.79. The number of nitrogens with zero attached hydrogens (tertiary/aromatic N) is 1. The second-order valence-corrected chi connectivity index (χ2v) is 5.93. The van der Waals surface area contributed by atoms with Gasteiger partial charge in [0.1, 0.15) is 0 Å². The van der Waals surface area contributed by atoms with Crippen LogP contribution in [0, 0.1) is 20.8 Å². The number of hydrogen-bond acceptors (Lipinski definition) is 2. The SMILES string of the molecule is Cc1cccc(-n2c(C)cc(C(=O)NC(C)CC(=O)O)c2C)c1. The number of carboxylic acids is 1. The van der Waals surface area contributed by atoms with Gasteiger partial charge in [-0.15, -0.1) is 0 Å². The summed E-state index contributed by atoms with van der Waals surface area (Å²) < 4.78 is 2.03. The van der Waals surface area contributed by atoms with Crippen LogP contribution >= 0.6 is 0 Å². The van der Waals surface area contributed by atoms with Crippen LogP contribution in [0.5, 0.6) is 0 Å². The van der Waals surface area contributed by atoms with Gasteiger partial charge in [0.2, 0.25) is 0 Å². The summed E-state index contributed by atoms with van der Waals surface area (Å²) in [7, 11) is 0. The van der Waals surface area contributed by atoms with Gasteiger partial charge in [-0.3, -0.25) is 9.59 Å². The van der Waals surface area contributed by atoms with Crippen LogP contribution in [-0.4, -0.2) is 27.6 Å². The fraction of sp³-hybridized carbons (Fsp3) is 0.333.